The molecular formula is C24H21NS. The van der Waals surface area contributed by atoms with Crippen molar-refractivity contribution in [2.75, 3.05) is 0 Å². The maximum atomic E-state index is 5.04. The number of rotatable bonds is 2. The van der Waals surface area contributed by atoms with Crippen LogP contribution in [0.15, 0.2) is 82.7 Å². The van der Waals surface area contributed by atoms with E-state index in [0.29, 0.717) is 0 Å². The van der Waals surface area contributed by atoms with Crippen molar-refractivity contribution >= 4 is 23.2 Å². The largest absolute Gasteiger partial charge is 0.253 e. The van der Waals surface area contributed by atoms with E-state index in [1.54, 1.807) is 0 Å². The fourth-order valence-corrected chi connectivity index (χ4v) is 5.64. The van der Waals surface area contributed by atoms with E-state index in [2.05, 4.69) is 79.7 Å². The van der Waals surface area contributed by atoms with E-state index in [0.717, 1.165) is 24.9 Å². The summed E-state index contributed by atoms with van der Waals surface area (Å²) in [5, 5.41) is 0. The summed E-state index contributed by atoms with van der Waals surface area (Å²) in [4.78, 5) is 6.45. The van der Waals surface area contributed by atoms with Crippen LogP contribution in [0.5, 0.6) is 0 Å². The quantitative estimate of drug-likeness (QED) is 0.524. The first-order valence-electron chi connectivity index (χ1n) is 9.25. The molecule has 2 aliphatic heterocycles. The highest BCUT2D eigenvalue weighted by atomic mass is 32.2. The summed E-state index contributed by atoms with van der Waals surface area (Å²) in [7, 11) is 0. The molecule has 1 atom stereocenters. The lowest BCUT2D eigenvalue weighted by Crippen LogP contribution is -2.21. The smallest absolute Gasteiger partial charge is 0.0665 e. The van der Waals surface area contributed by atoms with Crippen LogP contribution in [-0.2, 0) is 17.6 Å². The molecule has 0 bridgehead atoms. The van der Waals surface area contributed by atoms with Gasteiger partial charge in [-0.1, -0.05) is 60.7 Å². The van der Waals surface area contributed by atoms with Crippen molar-refractivity contribution in [1.82, 2.24) is 0 Å². The van der Waals surface area contributed by atoms with Gasteiger partial charge in [0.2, 0.25) is 0 Å². The summed E-state index contributed by atoms with van der Waals surface area (Å²) >= 11 is 2.00. The number of benzene rings is 3. The third kappa shape index (κ3) is 2.60. The molecule has 0 N–H and O–H groups in total. The van der Waals surface area contributed by atoms with Gasteiger partial charge in [0.25, 0.3) is 0 Å². The maximum Gasteiger partial charge on any atom is 0.0665 e. The van der Waals surface area contributed by atoms with Crippen LogP contribution in [0.1, 0.15) is 35.6 Å². The van der Waals surface area contributed by atoms with E-state index in [-0.39, 0.29) is 4.75 Å². The molecular weight excluding hydrogens is 334 g/mol. The Morgan fingerprint density at radius 1 is 0.808 bits per heavy atom. The summed E-state index contributed by atoms with van der Waals surface area (Å²) < 4.78 is 0.0692. The number of para-hydroxylation sites is 1. The summed E-state index contributed by atoms with van der Waals surface area (Å²) in [5.74, 6) is 0. The molecule has 0 aromatic heterocycles. The number of hydrogen-bond acceptors (Lipinski definition) is 2. The second kappa shape index (κ2) is 6.14. The van der Waals surface area contributed by atoms with E-state index >= 15 is 0 Å². The van der Waals surface area contributed by atoms with Gasteiger partial charge in [-0.25, -0.2) is 0 Å². The lowest BCUT2D eigenvalue weighted by atomic mass is 9.86. The van der Waals surface area contributed by atoms with Crippen molar-refractivity contribution in [2.45, 2.75) is 35.8 Å². The second-order valence-electron chi connectivity index (χ2n) is 7.35. The molecule has 0 amide bonds. The molecule has 128 valence electrons. The highest BCUT2D eigenvalue weighted by molar-refractivity contribution is 8.00. The zero-order chi connectivity index (χ0) is 17.6. The summed E-state index contributed by atoms with van der Waals surface area (Å²) in [6, 6.07) is 26.2. The number of aliphatic imine (C=N–C) groups is 1. The summed E-state index contributed by atoms with van der Waals surface area (Å²) in [6.45, 7) is 2.38. The fourth-order valence-electron chi connectivity index (χ4n) is 4.22. The normalized spacial score (nSPS) is 21.0. The molecule has 1 nitrogen and oxygen atoms in total. The van der Waals surface area contributed by atoms with E-state index in [9.17, 15) is 0 Å². The molecule has 0 fully saturated rings. The van der Waals surface area contributed by atoms with Gasteiger partial charge in [-0.15, -0.1) is 11.8 Å². The van der Waals surface area contributed by atoms with E-state index in [4.69, 9.17) is 4.99 Å². The molecule has 0 saturated carbocycles. The van der Waals surface area contributed by atoms with Crippen molar-refractivity contribution in [2.24, 2.45) is 4.99 Å². The number of thioether (sulfide) groups is 1. The predicted molar refractivity (Wildman–Crippen MR) is 111 cm³/mol. The lowest BCUT2D eigenvalue weighted by Gasteiger charge is -2.28. The van der Waals surface area contributed by atoms with Gasteiger partial charge in [0.1, 0.15) is 0 Å². The first-order valence-corrected chi connectivity index (χ1v) is 10.1. The minimum Gasteiger partial charge on any atom is -0.253 e. The monoisotopic (exact) mass is 355 g/mol. The van der Waals surface area contributed by atoms with E-state index < -0.39 is 0 Å². The molecule has 2 heteroatoms. The Bertz CT molecular complexity index is 993. The topological polar surface area (TPSA) is 12.4 Å². The molecule has 0 saturated heterocycles. The van der Waals surface area contributed by atoms with Crippen molar-refractivity contribution < 1.29 is 0 Å². The van der Waals surface area contributed by atoms with Crippen LogP contribution >= 0.6 is 11.8 Å². The van der Waals surface area contributed by atoms with Gasteiger partial charge in [0.15, 0.2) is 0 Å². The highest BCUT2D eigenvalue weighted by Crippen LogP contribution is 2.52. The molecule has 3 aromatic carbocycles. The molecule has 0 radical (unpaired) electrons. The van der Waals surface area contributed by atoms with Crippen LogP contribution in [0, 0.1) is 0 Å². The Labute approximate surface area is 159 Å². The third-order valence-corrected chi connectivity index (χ3v) is 6.95. The molecule has 3 aromatic rings. The van der Waals surface area contributed by atoms with Crippen LogP contribution < -0.4 is 0 Å². The average Bonchev–Trinajstić information content (AvgIpc) is 3.05. The number of fused-ring (bicyclic) bond motifs is 2. The lowest BCUT2D eigenvalue weighted by molar-refractivity contribution is 0.701. The van der Waals surface area contributed by atoms with Crippen molar-refractivity contribution in [3.63, 3.8) is 0 Å². The minimum atomic E-state index is 0.0692. The van der Waals surface area contributed by atoms with Gasteiger partial charge in [0.05, 0.1) is 5.69 Å². The molecule has 2 heterocycles. The van der Waals surface area contributed by atoms with Gasteiger partial charge in [-0.3, -0.25) is 4.99 Å². The van der Waals surface area contributed by atoms with Crippen LogP contribution in [-0.4, -0.2) is 5.71 Å². The minimum absolute atomic E-state index is 0.0692. The molecule has 26 heavy (non-hydrogen) atoms. The van der Waals surface area contributed by atoms with Gasteiger partial charge in [0, 0.05) is 20.9 Å². The molecule has 1 unspecified atom stereocenters. The van der Waals surface area contributed by atoms with Gasteiger partial charge in [-0.05, 0) is 55.0 Å². The van der Waals surface area contributed by atoms with E-state index in [1.807, 2.05) is 11.8 Å². The molecule has 2 aliphatic rings. The van der Waals surface area contributed by atoms with Crippen molar-refractivity contribution in [3.05, 3.63) is 95.1 Å². The van der Waals surface area contributed by atoms with Crippen LogP contribution in [0.4, 0.5) is 5.69 Å². The molecule has 5 rings (SSSR count). The van der Waals surface area contributed by atoms with Crippen LogP contribution in [0.3, 0.4) is 0 Å². The first-order chi connectivity index (χ1) is 12.7. The molecule has 0 spiro atoms. The Hall–Kier alpha value is -2.32. The van der Waals surface area contributed by atoms with Gasteiger partial charge >= 0.3 is 0 Å². The Morgan fingerprint density at radius 2 is 1.54 bits per heavy atom. The summed E-state index contributed by atoms with van der Waals surface area (Å²) in [6.07, 6.45) is 3.17. The molecule has 0 aliphatic carbocycles. The number of nitrogens with zero attached hydrogens (tertiary/aromatic N) is 1. The van der Waals surface area contributed by atoms with Crippen LogP contribution in [0.25, 0.3) is 0 Å². The fraction of sp³-hybridized carbons (Fsp3) is 0.208. The Kier molecular flexibility index (Phi) is 3.75. The average molecular weight is 356 g/mol. The SMILES string of the molecule is CC1(c2ccccc2C2=Nc3ccccc3CC2)Cc2ccccc2S1. The number of hydrogen-bond donors (Lipinski definition) is 0. The van der Waals surface area contributed by atoms with Crippen molar-refractivity contribution in [3.8, 4) is 0 Å². The highest BCUT2D eigenvalue weighted by Gasteiger charge is 2.37. The van der Waals surface area contributed by atoms with Crippen LogP contribution in [0.2, 0.25) is 0 Å². The number of aryl methyl sites for hydroxylation is 1. The summed E-state index contributed by atoms with van der Waals surface area (Å²) in [5.41, 5.74) is 7.94. The van der Waals surface area contributed by atoms with Crippen molar-refractivity contribution in [1.29, 1.82) is 0 Å². The zero-order valence-electron chi connectivity index (χ0n) is 14.9. The zero-order valence-corrected chi connectivity index (χ0v) is 15.7. The Balaban J connectivity index is 1.59. The van der Waals surface area contributed by atoms with E-state index in [1.165, 1.54) is 32.9 Å². The first kappa shape index (κ1) is 15.9. The van der Waals surface area contributed by atoms with Gasteiger partial charge < -0.3 is 0 Å². The maximum absolute atomic E-state index is 5.04. The second-order valence-corrected chi connectivity index (χ2v) is 8.90. The van der Waals surface area contributed by atoms with Gasteiger partial charge in [-0.2, -0.15) is 0 Å². The Morgan fingerprint density at radius 3 is 2.42 bits per heavy atom. The predicted octanol–water partition coefficient (Wildman–Crippen LogP) is 6.32. The third-order valence-electron chi connectivity index (χ3n) is 5.52. The standard InChI is InChI=1S/C24H21NS/c1-24(16-18-9-3-7-13-23(18)26-24)20-11-5-4-10-19(20)22-15-14-17-8-2-6-12-21(17)25-22/h2-13H,14-16H2,1H3.